The fraction of sp³-hybridized carbons (Fsp3) is 0.667. The van der Waals surface area contributed by atoms with Crippen LogP contribution in [0.2, 0.25) is 0 Å². The Morgan fingerprint density at radius 2 is 2.38 bits per heavy atom. The summed E-state index contributed by atoms with van der Waals surface area (Å²) in [5, 5.41) is 6.92. The summed E-state index contributed by atoms with van der Waals surface area (Å²) in [4.78, 5) is 2.30. The van der Waals surface area contributed by atoms with Crippen LogP contribution in [0.25, 0.3) is 0 Å². The maximum absolute atomic E-state index is 5.51. The second-order valence-corrected chi connectivity index (χ2v) is 3.18. The van der Waals surface area contributed by atoms with Gasteiger partial charge < -0.3 is 5.73 Å². The summed E-state index contributed by atoms with van der Waals surface area (Å²) in [5.74, 6) is 0. The number of nitrogens with zero attached hydrogens (tertiary/aromatic N) is 2. The number of rotatable bonds is 5. The van der Waals surface area contributed by atoms with Crippen molar-refractivity contribution in [2.24, 2.45) is 5.73 Å². The van der Waals surface area contributed by atoms with Gasteiger partial charge in [0, 0.05) is 30.9 Å². The van der Waals surface area contributed by atoms with E-state index in [1.54, 1.807) is 0 Å². The molecule has 1 heterocycles. The lowest BCUT2D eigenvalue weighted by molar-refractivity contribution is 0.287. The van der Waals surface area contributed by atoms with Gasteiger partial charge in [0.15, 0.2) is 0 Å². The van der Waals surface area contributed by atoms with Crippen LogP contribution in [0.1, 0.15) is 18.2 Å². The minimum absolute atomic E-state index is 0.713. The third kappa shape index (κ3) is 2.82. The highest BCUT2D eigenvalue weighted by molar-refractivity contribution is 5.13. The van der Waals surface area contributed by atoms with Gasteiger partial charge in [-0.3, -0.25) is 10.00 Å². The molecule has 13 heavy (non-hydrogen) atoms. The molecule has 0 atom stereocenters. The zero-order valence-electron chi connectivity index (χ0n) is 8.38. The van der Waals surface area contributed by atoms with E-state index in [9.17, 15) is 0 Å². The summed E-state index contributed by atoms with van der Waals surface area (Å²) in [7, 11) is 0. The van der Waals surface area contributed by atoms with Gasteiger partial charge in [-0.15, -0.1) is 0 Å². The minimum atomic E-state index is 0.713. The van der Waals surface area contributed by atoms with Crippen molar-refractivity contribution in [1.29, 1.82) is 0 Å². The minimum Gasteiger partial charge on any atom is -0.329 e. The van der Waals surface area contributed by atoms with Crippen molar-refractivity contribution in [3.05, 3.63) is 17.5 Å². The summed E-state index contributed by atoms with van der Waals surface area (Å²) in [6, 6.07) is 0. The van der Waals surface area contributed by atoms with Crippen LogP contribution in [0.4, 0.5) is 0 Å². The van der Waals surface area contributed by atoms with Gasteiger partial charge in [-0.05, 0) is 13.5 Å². The van der Waals surface area contributed by atoms with Gasteiger partial charge in [0.2, 0.25) is 0 Å². The summed E-state index contributed by atoms with van der Waals surface area (Å²) in [6.07, 6.45) is 1.88. The molecule has 0 aliphatic heterocycles. The van der Waals surface area contributed by atoms with Crippen LogP contribution in [-0.2, 0) is 6.54 Å². The topological polar surface area (TPSA) is 57.9 Å². The Kier molecular flexibility index (Phi) is 3.92. The van der Waals surface area contributed by atoms with E-state index in [0.717, 1.165) is 25.3 Å². The van der Waals surface area contributed by atoms with Gasteiger partial charge in [0.25, 0.3) is 0 Å². The SMILES string of the molecule is CCN(CCN)Cc1cn[nH]c1C. The molecule has 0 spiro atoms. The molecule has 0 saturated heterocycles. The molecular formula is C9H18N4. The predicted molar refractivity (Wildman–Crippen MR) is 53.3 cm³/mol. The van der Waals surface area contributed by atoms with Gasteiger partial charge in [-0.25, -0.2) is 0 Å². The van der Waals surface area contributed by atoms with Crippen LogP contribution in [0.15, 0.2) is 6.20 Å². The average molecular weight is 182 g/mol. The third-order valence-corrected chi connectivity index (χ3v) is 2.22. The van der Waals surface area contributed by atoms with Crippen molar-refractivity contribution in [3.63, 3.8) is 0 Å². The Morgan fingerprint density at radius 3 is 2.85 bits per heavy atom. The Hall–Kier alpha value is -0.870. The van der Waals surface area contributed by atoms with Gasteiger partial charge >= 0.3 is 0 Å². The molecule has 3 N–H and O–H groups in total. The van der Waals surface area contributed by atoms with Crippen molar-refractivity contribution >= 4 is 0 Å². The van der Waals surface area contributed by atoms with E-state index in [1.165, 1.54) is 5.56 Å². The Balaban J connectivity index is 2.51. The zero-order chi connectivity index (χ0) is 9.68. The van der Waals surface area contributed by atoms with E-state index in [1.807, 2.05) is 13.1 Å². The Bertz CT molecular complexity index is 244. The first-order valence-corrected chi connectivity index (χ1v) is 4.69. The number of likely N-dealkylation sites (N-methyl/N-ethyl adjacent to an activating group) is 1. The molecule has 4 heteroatoms. The number of H-pyrrole nitrogens is 1. The number of aromatic amines is 1. The molecule has 0 aliphatic carbocycles. The fourth-order valence-corrected chi connectivity index (χ4v) is 1.31. The molecule has 1 rings (SSSR count). The number of aryl methyl sites for hydroxylation is 1. The molecule has 4 nitrogen and oxygen atoms in total. The molecule has 0 unspecified atom stereocenters. The monoisotopic (exact) mass is 182 g/mol. The average Bonchev–Trinajstić information content (AvgIpc) is 2.51. The maximum Gasteiger partial charge on any atom is 0.0535 e. The molecule has 0 aromatic carbocycles. The molecule has 0 aliphatic rings. The van der Waals surface area contributed by atoms with E-state index >= 15 is 0 Å². The molecule has 0 amide bonds. The summed E-state index contributed by atoms with van der Waals surface area (Å²) in [5.41, 5.74) is 7.92. The number of hydrogen-bond acceptors (Lipinski definition) is 3. The first kappa shape index (κ1) is 10.2. The molecule has 0 saturated carbocycles. The second kappa shape index (κ2) is 4.99. The highest BCUT2D eigenvalue weighted by atomic mass is 15.1. The molecule has 0 bridgehead atoms. The Morgan fingerprint density at radius 1 is 1.62 bits per heavy atom. The van der Waals surface area contributed by atoms with Gasteiger partial charge in [0.1, 0.15) is 0 Å². The number of aromatic nitrogens is 2. The van der Waals surface area contributed by atoms with E-state index in [4.69, 9.17) is 5.73 Å². The highest BCUT2D eigenvalue weighted by Crippen LogP contribution is 2.06. The summed E-state index contributed by atoms with van der Waals surface area (Å²) >= 11 is 0. The van der Waals surface area contributed by atoms with Crippen molar-refractivity contribution in [2.45, 2.75) is 20.4 Å². The molecule has 0 fully saturated rings. The summed E-state index contributed by atoms with van der Waals surface area (Å²) < 4.78 is 0. The number of nitrogens with one attached hydrogen (secondary N) is 1. The fourth-order valence-electron chi connectivity index (χ4n) is 1.31. The quantitative estimate of drug-likeness (QED) is 0.697. The maximum atomic E-state index is 5.51. The van der Waals surface area contributed by atoms with Crippen LogP contribution in [0.5, 0.6) is 0 Å². The van der Waals surface area contributed by atoms with Gasteiger partial charge in [-0.1, -0.05) is 6.92 Å². The van der Waals surface area contributed by atoms with Crippen LogP contribution >= 0.6 is 0 Å². The van der Waals surface area contributed by atoms with Crippen molar-refractivity contribution in [1.82, 2.24) is 15.1 Å². The van der Waals surface area contributed by atoms with Gasteiger partial charge in [-0.2, -0.15) is 5.10 Å². The third-order valence-electron chi connectivity index (χ3n) is 2.22. The first-order valence-electron chi connectivity index (χ1n) is 4.69. The normalized spacial score (nSPS) is 11.1. The smallest absolute Gasteiger partial charge is 0.0535 e. The standard InChI is InChI=1S/C9H18N4/c1-3-13(5-4-10)7-9-6-11-12-8(9)2/h6H,3-5,7,10H2,1-2H3,(H,11,12). The van der Waals surface area contributed by atoms with Crippen molar-refractivity contribution in [3.8, 4) is 0 Å². The summed E-state index contributed by atoms with van der Waals surface area (Å²) in [6.45, 7) is 7.81. The largest absolute Gasteiger partial charge is 0.329 e. The lowest BCUT2D eigenvalue weighted by Crippen LogP contribution is -2.28. The van der Waals surface area contributed by atoms with Crippen molar-refractivity contribution in [2.75, 3.05) is 19.6 Å². The molecule has 1 aromatic heterocycles. The van der Waals surface area contributed by atoms with Gasteiger partial charge in [0.05, 0.1) is 6.20 Å². The lowest BCUT2D eigenvalue weighted by Gasteiger charge is -2.18. The van der Waals surface area contributed by atoms with E-state index < -0.39 is 0 Å². The molecule has 74 valence electrons. The van der Waals surface area contributed by atoms with Crippen LogP contribution in [-0.4, -0.2) is 34.7 Å². The Labute approximate surface area is 79.1 Å². The lowest BCUT2D eigenvalue weighted by atomic mass is 10.2. The molecular weight excluding hydrogens is 164 g/mol. The van der Waals surface area contributed by atoms with Crippen LogP contribution < -0.4 is 5.73 Å². The van der Waals surface area contributed by atoms with Crippen LogP contribution in [0, 0.1) is 6.92 Å². The molecule has 1 aromatic rings. The van der Waals surface area contributed by atoms with E-state index in [2.05, 4.69) is 22.0 Å². The zero-order valence-corrected chi connectivity index (χ0v) is 8.38. The van der Waals surface area contributed by atoms with Crippen LogP contribution in [0.3, 0.4) is 0 Å². The van der Waals surface area contributed by atoms with Crippen molar-refractivity contribution < 1.29 is 0 Å². The van der Waals surface area contributed by atoms with E-state index in [-0.39, 0.29) is 0 Å². The predicted octanol–water partition coefficient (Wildman–Crippen LogP) is 0.499. The second-order valence-electron chi connectivity index (χ2n) is 3.18. The van der Waals surface area contributed by atoms with E-state index in [0.29, 0.717) is 6.54 Å². The number of hydrogen-bond donors (Lipinski definition) is 2. The number of nitrogens with two attached hydrogens (primary N) is 1. The molecule has 0 radical (unpaired) electrons. The highest BCUT2D eigenvalue weighted by Gasteiger charge is 2.05. The first-order chi connectivity index (χ1) is 6.27.